The van der Waals surface area contributed by atoms with Gasteiger partial charge in [0.25, 0.3) is 0 Å². The number of para-hydroxylation sites is 1. The third kappa shape index (κ3) is 4.44. The maximum absolute atomic E-state index is 11.5. The number of benzene rings is 1. The Hall–Kier alpha value is -2.86. The number of nitrogens with zero attached hydrogens (tertiary/aromatic N) is 3. The monoisotopic (exact) mass is 421 g/mol. The molecule has 1 N–H and O–H groups in total. The molecule has 164 valence electrons. The molecule has 3 aromatic rings. The summed E-state index contributed by atoms with van der Waals surface area (Å²) in [6, 6.07) is 9.59. The molecule has 1 aromatic carbocycles. The van der Waals surface area contributed by atoms with Crippen molar-refractivity contribution >= 4 is 17.0 Å². The molecule has 1 aliphatic rings. The number of carboxylic acids is 1. The zero-order chi connectivity index (χ0) is 21.8. The molecule has 0 saturated carbocycles. The molecule has 3 heterocycles. The molecule has 4 rings (SSSR count). The largest absolute Gasteiger partial charge is 0.496 e. The Morgan fingerprint density at radius 2 is 2.03 bits per heavy atom. The number of hydrogen-bond donors (Lipinski definition) is 1. The lowest BCUT2D eigenvalue weighted by atomic mass is 9.89. The van der Waals surface area contributed by atoms with Crippen LogP contribution in [0, 0.1) is 0 Å². The van der Waals surface area contributed by atoms with Crippen molar-refractivity contribution in [3.63, 3.8) is 0 Å². The van der Waals surface area contributed by atoms with Crippen LogP contribution in [0.3, 0.4) is 0 Å². The highest BCUT2D eigenvalue weighted by atomic mass is 16.5. The molecule has 1 fully saturated rings. The lowest BCUT2D eigenvalue weighted by molar-refractivity contribution is 0.0693. The Labute approximate surface area is 183 Å². The molecule has 2 aromatic heterocycles. The van der Waals surface area contributed by atoms with E-state index in [-0.39, 0.29) is 5.56 Å². The van der Waals surface area contributed by atoms with E-state index in [1.54, 1.807) is 19.2 Å². The summed E-state index contributed by atoms with van der Waals surface area (Å²) in [5, 5.41) is 10.7. The number of unbranched alkanes of at least 4 members (excludes halogenated alkanes) is 1. The summed E-state index contributed by atoms with van der Waals surface area (Å²) in [6.45, 7) is 5.90. The van der Waals surface area contributed by atoms with Crippen LogP contribution in [0.15, 0.2) is 42.7 Å². The first-order chi connectivity index (χ1) is 15.1. The number of carbonyl (C=O) groups is 1. The summed E-state index contributed by atoms with van der Waals surface area (Å²) in [6.07, 6.45) is 8.72. The maximum Gasteiger partial charge on any atom is 0.339 e. The Balaban J connectivity index is 1.48. The van der Waals surface area contributed by atoms with E-state index >= 15 is 0 Å². The summed E-state index contributed by atoms with van der Waals surface area (Å²) < 4.78 is 7.76. The molecule has 0 radical (unpaired) electrons. The summed E-state index contributed by atoms with van der Waals surface area (Å²) >= 11 is 0. The van der Waals surface area contributed by atoms with E-state index in [1.807, 2.05) is 18.3 Å². The van der Waals surface area contributed by atoms with E-state index < -0.39 is 5.97 Å². The number of aromatic carboxylic acids is 1. The number of ether oxygens (including phenoxy) is 1. The first-order valence-electron chi connectivity index (χ1n) is 11.2. The van der Waals surface area contributed by atoms with Crippen molar-refractivity contribution in [1.82, 2.24) is 14.5 Å². The van der Waals surface area contributed by atoms with Crippen molar-refractivity contribution in [3.8, 4) is 5.75 Å². The Bertz CT molecular complexity index is 1050. The van der Waals surface area contributed by atoms with Crippen molar-refractivity contribution in [2.45, 2.75) is 51.6 Å². The molecule has 0 bridgehead atoms. The minimum absolute atomic E-state index is 0.224. The highest BCUT2D eigenvalue weighted by Crippen LogP contribution is 2.35. The lowest BCUT2D eigenvalue weighted by Gasteiger charge is -2.32. The van der Waals surface area contributed by atoms with Gasteiger partial charge in [-0.2, -0.15) is 0 Å². The smallest absolute Gasteiger partial charge is 0.339 e. The molecule has 1 saturated heterocycles. The summed E-state index contributed by atoms with van der Waals surface area (Å²) in [5.74, 6) is 0.0470. The maximum atomic E-state index is 11.5. The number of aryl methyl sites for hydroxylation is 1. The highest BCUT2D eigenvalue weighted by Gasteiger charge is 2.25. The van der Waals surface area contributed by atoms with Gasteiger partial charge in [0, 0.05) is 36.4 Å². The number of rotatable bonds is 8. The van der Waals surface area contributed by atoms with E-state index in [0.29, 0.717) is 18.2 Å². The van der Waals surface area contributed by atoms with Crippen molar-refractivity contribution in [2.24, 2.45) is 0 Å². The quantitative estimate of drug-likeness (QED) is 0.559. The molecule has 6 nitrogen and oxygen atoms in total. The van der Waals surface area contributed by atoms with Gasteiger partial charge in [-0.1, -0.05) is 25.5 Å². The van der Waals surface area contributed by atoms with Gasteiger partial charge in [0.1, 0.15) is 17.0 Å². The molecule has 0 amide bonds. The number of likely N-dealkylation sites (tertiary alicyclic amines) is 1. The Morgan fingerprint density at radius 3 is 2.74 bits per heavy atom. The third-order valence-electron chi connectivity index (χ3n) is 6.37. The van der Waals surface area contributed by atoms with E-state index in [0.717, 1.165) is 50.1 Å². The molecular weight excluding hydrogens is 390 g/mol. The topological polar surface area (TPSA) is 67.6 Å². The standard InChI is InChI=1S/C25H31N3O3/c1-3-4-13-28-17-22(20-9-6-12-26-24(20)28)18-10-14-27(15-11-18)16-19-7-5-8-21(25(29)30)23(19)31-2/h5-9,12,17-18H,3-4,10-11,13-16H2,1-2H3,(H,29,30). The minimum Gasteiger partial charge on any atom is -0.496 e. The van der Waals surface area contributed by atoms with Crippen LogP contribution < -0.4 is 4.74 Å². The van der Waals surface area contributed by atoms with Crippen molar-refractivity contribution in [1.29, 1.82) is 0 Å². The van der Waals surface area contributed by atoms with Gasteiger partial charge >= 0.3 is 5.97 Å². The van der Waals surface area contributed by atoms with Crippen LogP contribution in [0.4, 0.5) is 0 Å². The van der Waals surface area contributed by atoms with Crippen LogP contribution in [0.1, 0.15) is 60.0 Å². The predicted octanol–water partition coefficient (Wildman–Crippen LogP) is 4.92. The number of hydrogen-bond acceptors (Lipinski definition) is 4. The van der Waals surface area contributed by atoms with Crippen LogP contribution in [0.2, 0.25) is 0 Å². The average molecular weight is 422 g/mol. The molecule has 0 spiro atoms. The van der Waals surface area contributed by atoms with Crippen molar-refractivity contribution in [3.05, 3.63) is 59.4 Å². The average Bonchev–Trinajstić information content (AvgIpc) is 3.16. The van der Waals surface area contributed by atoms with Gasteiger partial charge in [-0.15, -0.1) is 0 Å². The number of methoxy groups -OCH3 is 1. The molecule has 31 heavy (non-hydrogen) atoms. The van der Waals surface area contributed by atoms with E-state index in [4.69, 9.17) is 4.74 Å². The molecule has 6 heteroatoms. The summed E-state index contributed by atoms with van der Waals surface area (Å²) in [7, 11) is 1.54. The lowest BCUT2D eigenvalue weighted by Crippen LogP contribution is -2.32. The number of fused-ring (bicyclic) bond motifs is 1. The Kier molecular flexibility index (Phi) is 6.56. The fraction of sp³-hybridized carbons (Fsp3) is 0.440. The molecule has 0 unspecified atom stereocenters. The van der Waals surface area contributed by atoms with Gasteiger partial charge < -0.3 is 14.4 Å². The van der Waals surface area contributed by atoms with Gasteiger partial charge in [-0.05, 0) is 62.0 Å². The van der Waals surface area contributed by atoms with Gasteiger partial charge in [0.2, 0.25) is 0 Å². The molecule has 0 atom stereocenters. The molecular formula is C25H31N3O3. The van der Waals surface area contributed by atoms with Crippen molar-refractivity contribution in [2.75, 3.05) is 20.2 Å². The second kappa shape index (κ2) is 9.52. The summed E-state index contributed by atoms with van der Waals surface area (Å²) in [4.78, 5) is 18.5. The number of carboxylic acid groups (broad SMARTS) is 1. The first-order valence-corrected chi connectivity index (χ1v) is 11.2. The minimum atomic E-state index is -0.953. The van der Waals surface area contributed by atoms with E-state index in [2.05, 4.69) is 33.6 Å². The number of piperidine rings is 1. The second-order valence-electron chi connectivity index (χ2n) is 8.36. The van der Waals surface area contributed by atoms with Crippen LogP contribution in [-0.2, 0) is 13.1 Å². The van der Waals surface area contributed by atoms with Gasteiger partial charge in [-0.25, -0.2) is 9.78 Å². The Morgan fingerprint density at radius 1 is 1.23 bits per heavy atom. The van der Waals surface area contributed by atoms with Crippen LogP contribution in [-0.4, -0.2) is 45.7 Å². The number of pyridine rings is 1. The van der Waals surface area contributed by atoms with Crippen LogP contribution >= 0.6 is 0 Å². The highest BCUT2D eigenvalue weighted by molar-refractivity contribution is 5.91. The van der Waals surface area contributed by atoms with Crippen LogP contribution in [0.5, 0.6) is 5.75 Å². The zero-order valence-electron chi connectivity index (χ0n) is 18.4. The predicted molar refractivity (Wildman–Crippen MR) is 122 cm³/mol. The van der Waals surface area contributed by atoms with Crippen molar-refractivity contribution < 1.29 is 14.6 Å². The van der Waals surface area contributed by atoms with Gasteiger partial charge in [0.05, 0.1) is 7.11 Å². The summed E-state index contributed by atoms with van der Waals surface area (Å²) in [5.41, 5.74) is 3.68. The van der Waals surface area contributed by atoms with E-state index in [1.165, 1.54) is 17.4 Å². The number of aromatic nitrogens is 2. The fourth-order valence-corrected chi connectivity index (χ4v) is 4.74. The second-order valence-corrected chi connectivity index (χ2v) is 8.36. The van der Waals surface area contributed by atoms with Gasteiger partial charge in [-0.3, -0.25) is 4.90 Å². The molecule has 1 aliphatic heterocycles. The third-order valence-corrected chi connectivity index (χ3v) is 6.37. The van der Waals surface area contributed by atoms with Gasteiger partial charge in [0.15, 0.2) is 0 Å². The SMILES string of the molecule is CCCCn1cc(C2CCN(Cc3cccc(C(=O)O)c3OC)CC2)c2cccnc21. The van der Waals surface area contributed by atoms with Crippen LogP contribution in [0.25, 0.3) is 11.0 Å². The molecule has 0 aliphatic carbocycles. The normalized spacial score (nSPS) is 15.4. The first kappa shape index (κ1) is 21.4. The fourth-order valence-electron chi connectivity index (χ4n) is 4.74. The van der Waals surface area contributed by atoms with E-state index in [9.17, 15) is 9.90 Å². The zero-order valence-corrected chi connectivity index (χ0v) is 18.4.